The third-order valence-corrected chi connectivity index (χ3v) is 11.2. The molecule has 0 spiro atoms. The van der Waals surface area contributed by atoms with Gasteiger partial charge in [-0.2, -0.15) is 0 Å². The van der Waals surface area contributed by atoms with Crippen LogP contribution in [-0.4, -0.2) is 87.5 Å². The standard InChI is InChI=1S/C43H55ClN6O9S/c1-25(2)37(41(54)50-22-31(51)19-32(50)40(53)46-21-27-12-14-29(15-13-27)39-26(3)47-24-60-39)34-20-36(49-59-34)56-18-8-10-28-9-7-11-33(38(28)44)57-23-30(16-17-35(45)52)48-42(55)58-43(4,5)6/h7,9,11-15,20,24-25,30-32,37,51H,8,10,16-19,21-23H2,1-6H3,(H2,45,52)(H,46,53)(H,48,55)/t30?,31-,32+,37?/m1/s1. The molecule has 2 unspecified atom stereocenters. The lowest BCUT2D eigenvalue weighted by atomic mass is 9.91. The number of aryl methyl sites for hydroxylation is 2. The Kier molecular flexibility index (Phi) is 16.0. The second-order valence-electron chi connectivity index (χ2n) is 16.2. The molecule has 1 aliphatic rings. The van der Waals surface area contributed by atoms with Crippen LogP contribution in [0.3, 0.4) is 0 Å². The molecule has 4 aromatic rings. The fraction of sp³-hybridized carbons (Fsp3) is 0.488. The Morgan fingerprint density at radius 1 is 1.12 bits per heavy atom. The predicted octanol–water partition coefficient (Wildman–Crippen LogP) is 6.33. The molecule has 3 heterocycles. The number of aliphatic hydroxyl groups excluding tert-OH is 1. The molecule has 15 nitrogen and oxygen atoms in total. The van der Waals surface area contributed by atoms with Crippen molar-refractivity contribution in [1.29, 1.82) is 0 Å². The third-order valence-electron chi connectivity index (χ3n) is 9.82. The van der Waals surface area contributed by atoms with Crippen LogP contribution in [0, 0.1) is 12.8 Å². The summed E-state index contributed by atoms with van der Waals surface area (Å²) in [5.41, 5.74) is 10.2. The van der Waals surface area contributed by atoms with Crippen molar-refractivity contribution in [1.82, 2.24) is 25.7 Å². The minimum absolute atomic E-state index is 0.0220. The summed E-state index contributed by atoms with van der Waals surface area (Å²) in [4.78, 5) is 58.2. The first-order valence-electron chi connectivity index (χ1n) is 20.0. The van der Waals surface area contributed by atoms with E-state index in [9.17, 15) is 24.3 Å². The van der Waals surface area contributed by atoms with Crippen LogP contribution in [0.1, 0.15) is 88.8 Å². The fourth-order valence-electron chi connectivity index (χ4n) is 6.84. The van der Waals surface area contributed by atoms with Gasteiger partial charge in [-0.3, -0.25) is 14.4 Å². The van der Waals surface area contributed by atoms with Gasteiger partial charge in [-0.25, -0.2) is 9.78 Å². The maximum absolute atomic E-state index is 14.1. The number of halogens is 1. The first kappa shape index (κ1) is 45.9. The van der Waals surface area contributed by atoms with E-state index in [1.54, 1.807) is 44.2 Å². The number of benzene rings is 2. The molecular weight excluding hydrogens is 812 g/mol. The molecule has 2 aromatic carbocycles. The van der Waals surface area contributed by atoms with Gasteiger partial charge in [0, 0.05) is 32.0 Å². The zero-order chi connectivity index (χ0) is 43.6. The number of alkyl carbamates (subject to hydrolysis) is 1. The number of nitrogens with zero attached hydrogens (tertiary/aromatic N) is 3. The van der Waals surface area contributed by atoms with E-state index in [2.05, 4.69) is 20.8 Å². The number of carbonyl (C=O) groups excluding carboxylic acids is 4. The molecule has 324 valence electrons. The molecule has 0 bridgehead atoms. The highest BCUT2D eigenvalue weighted by Crippen LogP contribution is 2.33. The highest BCUT2D eigenvalue weighted by Gasteiger charge is 2.43. The number of likely N-dealkylation sites (tertiary alicyclic amines) is 1. The summed E-state index contributed by atoms with van der Waals surface area (Å²) in [7, 11) is 0. The Morgan fingerprint density at radius 2 is 1.87 bits per heavy atom. The highest BCUT2D eigenvalue weighted by atomic mass is 35.5. The molecule has 0 aliphatic carbocycles. The lowest BCUT2D eigenvalue weighted by Gasteiger charge is -2.28. The summed E-state index contributed by atoms with van der Waals surface area (Å²) in [6, 6.07) is 13.5. The van der Waals surface area contributed by atoms with E-state index in [-0.39, 0.29) is 69.2 Å². The molecule has 4 amide bonds. The van der Waals surface area contributed by atoms with Gasteiger partial charge >= 0.3 is 6.09 Å². The molecule has 60 heavy (non-hydrogen) atoms. The van der Waals surface area contributed by atoms with Crippen molar-refractivity contribution >= 4 is 46.8 Å². The summed E-state index contributed by atoms with van der Waals surface area (Å²) in [5.74, 6) is -1.26. The first-order chi connectivity index (χ1) is 28.5. The van der Waals surface area contributed by atoms with Crippen molar-refractivity contribution in [2.75, 3.05) is 19.8 Å². The van der Waals surface area contributed by atoms with Gasteiger partial charge in [-0.15, -0.1) is 11.3 Å². The number of rotatable bonds is 19. The SMILES string of the molecule is Cc1ncsc1-c1ccc(CNC(=O)[C@@H]2C[C@@H](O)CN2C(=O)C(c2cc(OCCCc3cccc(OCC(CCC(N)=O)NC(=O)OC(C)(C)C)c3Cl)no2)C(C)C)cc1. The van der Waals surface area contributed by atoms with E-state index in [0.717, 1.165) is 27.3 Å². The first-order valence-corrected chi connectivity index (χ1v) is 21.3. The van der Waals surface area contributed by atoms with E-state index in [1.165, 1.54) is 4.90 Å². The summed E-state index contributed by atoms with van der Waals surface area (Å²) in [6.45, 7) is 11.6. The van der Waals surface area contributed by atoms with Crippen molar-refractivity contribution in [2.24, 2.45) is 11.7 Å². The van der Waals surface area contributed by atoms with Gasteiger partial charge in [-0.1, -0.05) is 61.8 Å². The van der Waals surface area contributed by atoms with Crippen LogP contribution in [0.25, 0.3) is 10.4 Å². The zero-order valence-corrected chi connectivity index (χ0v) is 36.4. The van der Waals surface area contributed by atoms with Crippen LogP contribution < -0.4 is 25.8 Å². The number of β-amino-alcohol motifs (C(OH)–C–C–N with tert-alkyl or cyclic N) is 1. The molecular formula is C43H55ClN6O9S. The minimum Gasteiger partial charge on any atom is -0.490 e. The molecule has 2 aromatic heterocycles. The summed E-state index contributed by atoms with van der Waals surface area (Å²) < 4.78 is 22.8. The zero-order valence-electron chi connectivity index (χ0n) is 34.9. The number of carbonyl (C=O) groups is 4. The largest absolute Gasteiger partial charge is 0.490 e. The second kappa shape index (κ2) is 20.9. The summed E-state index contributed by atoms with van der Waals surface area (Å²) in [5, 5.41) is 20.7. The number of hydrogen-bond donors (Lipinski definition) is 4. The van der Waals surface area contributed by atoms with E-state index < -0.39 is 41.7 Å². The van der Waals surface area contributed by atoms with Gasteiger partial charge in [0.05, 0.1) is 39.9 Å². The number of hydrogen-bond acceptors (Lipinski definition) is 12. The summed E-state index contributed by atoms with van der Waals surface area (Å²) in [6.07, 6.45) is 0.0314. The molecule has 1 fully saturated rings. The molecule has 5 N–H and O–H groups in total. The van der Waals surface area contributed by atoms with Crippen LogP contribution in [-0.2, 0) is 32.1 Å². The topological polar surface area (TPSA) is 208 Å². The van der Waals surface area contributed by atoms with Crippen molar-refractivity contribution in [3.05, 3.63) is 81.6 Å². The smallest absolute Gasteiger partial charge is 0.407 e. The lowest BCUT2D eigenvalue weighted by Crippen LogP contribution is -2.48. The Hall–Kier alpha value is -5.19. The quantitative estimate of drug-likeness (QED) is 0.0766. The average molecular weight is 867 g/mol. The normalized spacial score (nSPS) is 16.3. The number of nitrogens with one attached hydrogen (secondary N) is 2. The van der Waals surface area contributed by atoms with Crippen LogP contribution >= 0.6 is 22.9 Å². The molecule has 1 aliphatic heterocycles. The third kappa shape index (κ3) is 12.9. The van der Waals surface area contributed by atoms with E-state index in [4.69, 9.17) is 36.1 Å². The van der Waals surface area contributed by atoms with E-state index in [0.29, 0.717) is 29.4 Å². The Balaban J connectivity index is 1.13. The monoisotopic (exact) mass is 866 g/mol. The number of nitrogens with two attached hydrogens (primary N) is 1. The molecule has 0 saturated carbocycles. The Morgan fingerprint density at radius 3 is 2.53 bits per heavy atom. The van der Waals surface area contributed by atoms with Crippen molar-refractivity contribution < 1.29 is 43.0 Å². The number of aromatic nitrogens is 2. The van der Waals surface area contributed by atoms with Gasteiger partial charge in [0.2, 0.25) is 17.7 Å². The van der Waals surface area contributed by atoms with Gasteiger partial charge in [0.25, 0.3) is 5.88 Å². The number of ether oxygens (including phenoxy) is 3. The van der Waals surface area contributed by atoms with Gasteiger partial charge in [0.1, 0.15) is 29.9 Å². The lowest BCUT2D eigenvalue weighted by molar-refractivity contribution is -0.141. The minimum atomic E-state index is -0.848. The second-order valence-corrected chi connectivity index (χ2v) is 17.4. The molecule has 4 atom stereocenters. The highest BCUT2D eigenvalue weighted by molar-refractivity contribution is 7.13. The summed E-state index contributed by atoms with van der Waals surface area (Å²) >= 11 is 8.29. The number of aliphatic hydroxyl groups is 1. The van der Waals surface area contributed by atoms with Crippen LogP contribution in [0.2, 0.25) is 5.02 Å². The van der Waals surface area contributed by atoms with E-state index >= 15 is 0 Å². The van der Waals surface area contributed by atoms with Crippen molar-refractivity contribution in [3.63, 3.8) is 0 Å². The fourth-order valence-corrected chi connectivity index (χ4v) is 7.93. The maximum Gasteiger partial charge on any atom is 0.407 e. The van der Waals surface area contributed by atoms with E-state index in [1.807, 2.05) is 62.7 Å². The maximum atomic E-state index is 14.1. The average Bonchev–Trinajstić information content (AvgIpc) is 3.93. The predicted molar refractivity (Wildman–Crippen MR) is 227 cm³/mol. The van der Waals surface area contributed by atoms with Crippen LogP contribution in [0.5, 0.6) is 11.6 Å². The van der Waals surface area contributed by atoms with Gasteiger partial charge in [-0.05, 0) is 80.8 Å². The molecule has 5 rings (SSSR count). The van der Waals surface area contributed by atoms with Crippen LogP contribution in [0.15, 0.2) is 58.6 Å². The Labute approximate surface area is 359 Å². The molecule has 17 heteroatoms. The van der Waals surface area contributed by atoms with Crippen LogP contribution in [0.4, 0.5) is 4.79 Å². The Bertz CT molecular complexity index is 2080. The van der Waals surface area contributed by atoms with Crippen molar-refractivity contribution in [3.8, 4) is 22.1 Å². The number of amides is 4. The molecule has 1 saturated heterocycles. The van der Waals surface area contributed by atoms with Crippen molar-refractivity contribution in [2.45, 2.75) is 110 Å². The number of primary amides is 1. The van der Waals surface area contributed by atoms with Gasteiger partial charge in [0.15, 0.2) is 5.76 Å². The molecule has 0 radical (unpaired) electrons. The number of thiazole rings is 1. The van der Waals surface area contributed by atoms with Gasteiger partial charge < -0.3 is 45.1 Å².